The van der Waals surface area contributed by atoms with Crippen molar-refractivity contribution in [3.05, 3.63) is 59.9 Å². The zero-order valence-electron chi connectivity index (χ0n) is 19.8. The van der Waals surface area contributed by atoms with Gasteiger partial charge in [-0.1, -0.05) is 0 Å². The summed E-state index contributed by atoms with van der Waals surface area (Å²) in [5.74, 6) is -1.73. The van der Waals surface area contributed by atoms with E-state index >= 15 is 0 Å². The van der Waals surface area contributed by atoms with Gasteiger partial charge in [0.05, 0.1) is 36.4 Å². The minimum absolute atomic E-state index is 0.120. The standard InChI is InChI=1S/C25H23N5O6S/c1-35-20-9-17-12(7-14(20)23(26)31)16(3-5-28-17)30-19(25(33)34)11-37-22-4-6-29-18-10-21(36-2)15(24(27)32)8-13(18)22/h3-10,19H,11H2,1-2H3,(H2,26,31)(H2,27,32)(H,28,30)(H,33,34)/t19-/m0/s1. The molecule has 0 unspecified atom stereocenters. The van der Waals surface area contributed by atoms with E-state index in [-0.39, 0.29) is 22.6 Å². The minimum Gasteiger partial charge on any atom is -0.496 e. The second-order valence-corrected chi connectivity index (χ2v) is 8.94. The second-order valence-electron chi connectivity index (χ2n) is 7.88. The molecule has 2 aromatic heterocycles. The van der Waals surface area contributed by atoms with Gasteiger partial charge in [0.15, 0.2) is 0 Å². The molecule has 37 heavy (non-hydrogen) atoms. The van der Waals surface area contributed by atoms with Crippen LogP contribution in [0.5, 0.6) is 11.5 Å². The Morgan fingerprint density at radius 3 is 2.00 bits per heavy atom. The highest BCUT2D eigenvalue weighted by atomic mass is 32.2. The van der Waals surface area contributed by atoms with E-state index in [0.717, 1.165) is 0 Å². The molecular formula is C25H23N5O6S. The van der Waals surface area contributed by atoms with Crippen molar-refractivity contribution in [2.45, 2.75) is 10.9 Å². The van der Waals surface area contributed by atoms with Crippen molar-refractivity contribution in [3.63, 3.8) is 0 Å². The Morgan fingerprint density at radius 1 is 0.919 bits per heavy atom. The first-order valence-corrected chi connectivity index (χ1v) is 11.9. The molecule has 1 atom stereocenters. The van der Waals surface area contributed by atoms with Gasteiger partial charge in [0.1, 0.15) is 17.5 Å². The zero-order valence-corrected chi connectivity index (χ0v) is 20.7. The molecular weight excluding hydrogens is 498 g/mol. The molecule has 190 valence electrons. The number of hydrogen-bond donors (Lipinski definition) is 4. The number of carbonyl (C=O) groups is 3. The maximum atomic E-state index is 12.2. The number of nitrogens with one attached hydrogen (secondary N) is 1. The van der Waals surface area contributed by atoms with Crippen LogP contribution in [0.4, 0.5) is 5.69 Å². The van der Waals surface area contributed by atoms with Crippen molar-refractivity contribution >= 4 is 57.0 Å². The van der Waals surface area contributed by atoms with Crippen molar-refractivity contribution in [1.29, 1.82) is 0 Å². The molecule has 4 aromatic rings. The fraction of sp³-hybridized carbons (Fsp3) is 0.160. The predicted molar refractivity (Wildman–Crippen MR) is 139 cm³/mol. The van der Waals surface area contributed by atoms with Gasteiger partial charge in [-0.3, -0.25) is 19.6 Å². The first-order chi connectivity index (χ1) is 17.7. The molecule has 2 amide bonds. The van der Waals surface area contributed by atoms with Gasteiger partial charge in [0, 0.05) is 51.6 Å². The normalized spacial score (nSPS) is 11.7. The molecule has 0 radical (unpaired) electrons. The number of aromatic nitrogens is 2. The van der Waals surface area contributed by atoms with Crippen LogP contribution in [0, 0.1) is 0 Å². The van der Waals surface area contributed by atoms with Gasteiger partial charge < -0.3 is 31.4 Å². The Labute approximate surface area is 215 Å². The summed E-state index contributed by atoms with van der Waals surface area (Å²) in [7, 11) is 2.85. The number of carboxylic acid groups (broad SMARTS) is 1. The highest BCUT2D eigenvalue weighted by Gasteiger charge is 2.21. The highest BCUT2D eigenvalue weighted by molar-refractivity contribution is 7.99. The lowest BCUT2D eigenvalue weighted by atomic mass is 10.1. The van der Waals surface area contributed by atoms with Gasteiger partial charge in [-0.2, -0.15) is 0 Å². The first-order valence-electron chi connectivity index (χ1n) is 10.9. The molecule has 0 saturated heterocycles. The van der Waals surface area contributed by atoms with Crippen LogP contribution >= 0.6 is 11.8 Å². The van der Waals surface area contributed by atoms with Crippen molar-refractivity contribution < 1.29 is 29.0 Å². The average molecular weight is 522 g/mol. The van der Waals surface area contributed by atoms with Crippen LogP contribution in [0.2, 0.25) is 0 Å². The largest absolute Gasteiger partial charge is 0.496 e. The maximum absolute atomic E-state index is 12.2. The van der Waals surface area contributed by atoms with Gasteiger partial charge in [0.25, 0.3) is 11.8 Å². The number of amides is 2. The Bertz CT molecular complexity index is 1540. The molecule has 0 saturated carbocycles. The summed E-state index contributed by atoms with van der Waals surface area (Å²) in [5.41, 5.74) is 12.9. The Morgan fingerprint density at radius 2 is 1.46 bits per heavy atom. The summed E-state index contributed by atoms with van der Waals surface area (Å²) in [6, 6.07) is 8.62. The second kappa shape index (κ2) is 10.6. The summed E-state index contributed by atoms with van der Waals surface area (Å²) in [5, 5.41) is 14.1. The number of carboxylic acids is 1. The number of methoxy groups -OCH3 is 2. The maximum Gasteiger partial charge on any atom is 0.326 e. The number of anilines is 1. The van der Waals surface area contributed by atoms with E-state index in [9.17, 15) is 19.5 Å². The van der Waals surface area contributed by atoms with Crippen LogP contribution in [0.15, 0.2) is 53.7 Å². The molecule has 11 nitrogen and oxygen atoms in total. The molecule has 0 aliphatic heterocycles. The SMILES string of the molecule is COc1cc2nccc(N[C@@H](CSc3ccnc4cc(OC)c(C(N)=O)cc34)C(=O)O)c2cc1C(N)=O. The predicted octanol–water partition coefficient (Wildman–Crippen LogP) is 2.66. The third-order valence-electron chi connectivity index (χ3n) is 5.65. The number of ether oxygens (including phenoxy) is 2. The number of hydrogen-bond acceptors (Lipinski definition) is 9. The van der Waals surface area contributed by atoms with E-state index in [1.807, 2.05) is 0 Å². The number of carbonyl (C=O) groups excluding carboxylic acids is 2. The van der Waals surface area contributed by atoms with Crippen molar-refractivity contribution in [2.75, 3.05) is 25.3 Å². The van der Waals surface area contributed by atoms with E-state index in [2.05, 4.69) is 15.3 Å². The van der Waals surface area contributed by atoms with E-state index in [0.29, 0.717) is 38.1 Å². The number of benzene rings is 2. The lowest BCUT2D eigenvalue weighted by Crippen LogP contribution is -2.31. The van der Waals surface area contributed by atoms with Crippen LogP contribution in [0.25, 0.3) is 21.8 Å². The van der Waals surface area contributed by atoms with E-state index in [1.165, 1.54) is 38.2 Å². The Hall–Kier alpha value is -4.58. The quantitative estimate of drug-likeness (QED) is 0.227. The summed E-state index contributed by atoms with van der Waals surface area (Å²) in [6.45, 7) is 0. The Balaban J connectivity index is 1.66. The summed E-state index contributed by atoms with van der Waals surface area (Å²) >= 11 is 1.27. The van der Waals surface area contributed by atoms with Crippen molar-refractivity contribution in [3.8, 4) is 11.5 Å². The molecule has 2 heterocycles. The lowest BCUT2D eigenvalue weighted by Gasteiger charge is -2.18. The number of aliphatic carboxylic acids is 1. The number of primary amides is 2. The fourth-order valence-corrected chi connectivity index (χ4v) is 4.88. The van der Waals surface area contributed by atoms with E-state index in [4.69, 9.17) is 20.9 Å². The van der Waals surface area contributed by atoms with Crippen LogP contribution < -0.4 is 26.3 Å². The molecule has 0 aliphatic carbocycles. The van der Waals surface area contributed by atoms with Gasteiger partial charge in [0.2, 0.25) is 0 Å². The van der Waals surface area contributed by atoms with E-state index < -0.39 is 23.8 Å². The minimum atomic E-state index is -1.08. The fourth-order valence-electron chi connectivity index (χ4n) is 3.83. The topological polar surface area (TPSA) is 180 Å². The monoisotopic (exact) mass is 521 g/mol. The Kier molecular flexibility index (Phi) is 7.30. The molecule has 4 rings (SSSR count). The number of rotatable bonds is 10. The van der Waals surface area contributed by atoms with Crippen LogP contribution in [0.3, 0.4) is 0 Å². The molecule has 0 bridgehead atoms. The third kappa shape index (κ3) is 5.19. The number of fused-ring (bicyclic) bond motifs is 2. The highest BCUT2D eigenvalue weighted by Crippen LogP contribution is 2.33. The lowest BCUT2D eigenvalue weighted by molar-refractivity contribution is -0.137. The number of nitrogens with two attached hydrogens (primary N) is 2. The van der Waals surface area contributed by atoms with Gasteiger partial charge in [-0.05, 0) is 24.3 Å². The summed E-state index contributed by atoms with van der Waals surface area (Å²) in [4.78, 5) is 45.3. The number of thioether (sulfide) groups is 1. The third-order valence-corrected chi connectivity index (χ3v) is 6.82. The van der Waals surface area contributed by atoms with Crippen LogP contribution in [-0.4, -0.2) is 58.9 Å². The summed E-state index contributed by atoms with van der Waals surface area (Å²) in [6.07, 6.45) is 3.11. The van der Waals surface area contributed by atoms with Crippen molar-refractivity contribution in [2.24, 2.45) is 11.5 Å². The zero-order chi connectivity index (χ0) is 26.7. The number of pyridine rings is 2. The molecule has 0 fully saturated rings. The molecule has 2 aromatic carbocycles. The molecule has 0 aliphatic rings. The summed E-state index contributed by atoms with van der Waals surface area (Å²) < 4.78 is 10.5. The molecule has 0 spiro atoms. The van der Waals surface area contributed by atoms with Crippen LogP contribution in [0.1, 0.15) is 20.7 Å². The van der Waals surface area contributed by atoms with Gasteiger partial charge in [-0.25, -0.2) is 4.79 Å². The van der Waals surface area contributed by atoms with Crippen molar-refractivity contribution in [1.82, 2.24) is 9.97 Å². The molecule has 6 N–H and O–H groups in total. The van der Waals surface area contributed by atoms with Gasteiger partial charge in [-0.15, -0.1) is 11.8 Å². The smallest absolute Gasteiger partial charge is 0.326 e. The number of nitrogens with zero attached hydrogens (tertiary/aromatic N) is 2. The first kappa shape index (κ1) is 25.5. The van der Waals surface area contributed by atoms with Gasteiger partial charge >= 0.3 is 5.97 Å². The average Bonchev–Trinajstić information content (AvgIpc) is 2.88. The van der Waals surface area contributed by atoms with Crippen LogP contribution in [-0.2, 0) is 4.79 Å². The molecule has 12 heteroatoms. The van der Waals surface area contributed by atoms with E-state index in [1.54, 1.807) is 36.5 Å².